The number of carbonyl (C=O) groups is 3. The fourth-order valence-corrected chi connectivity index (χ4v) is 6.92. The SMILES string of the molecule is CC(C)(C)[N+]1(C(=O)O)Cc2c(NC3CCCN(C(=O)c4ccc([N+](=O)[O-])cc4)C3)nn(C(=O)OCc3ccccc3)c2C1(C)C. The van der Waals surface area contributed by atoms with Crippen LogP contribution in [0.15, 0.2) is 54.6 Å². The van der Waals surface area contributed by atoms with Crippen LogP contribution in [0.2, 0.25) is 0 Å². The fourth-order valence-electron chi connectivity index (χ4n) is 6.92. The first-order chi connectivity index (χ1) is 21.2. The van der Waals surface area contributed by atoms with Gasteiger partial charge in [-0.15, -0.1) is 5.10 Å². The minimum absolute atomic E-state index is 0.0258. The van der Waals surface area contributed by atoms with Gasteiger partial charge >= 0.3 is 12.2 Å². The molecule has 0 aliphatic carbocycles. The van der Waals surface area contributed by atoms with Crippen LogP contribution in [-0.4, -0.2) is 72.0 Å². The number of aromatic nitrogens is 2. The zero-order valence-electron chi connectivity index (χ0n) is 26.1. The van der Waals surface area contributed by atoms with Crippen molar-refractivity contribution in [1.29, 1.82) is 0 Å². The van der Waals surface area contributed by atoms with Gasteiger partial charge in [0, 0.05) is 36.8 Å². The molecular formula is C32H39N6O7+. The number of nitrogens with zero attached hydrogens (tertiary/aromatic N) is 5. The molecule has 5 rings (SSSR count). The van der Waals surface area contributed by atoms with Crippen LogP contribution >= 0.6 is 0 Å². The first-order valence-corrected chi connectivity index (χ1v) is 14.9. The molecule has 2 amide bonds. The average Bonchev–Trinajstić information content (AvgIpc) is 3.48. The molecule has 2 aromatic carbocycles. The Morgan fingerprint density at radius 2 is 1.80 bits per heavy atom. The van der Waals surface area contributed by atoms with Crippen LogP contribution < -0.4 is 5.32 Å². The molecule has 3 aromatic rings. The quantitative estimate of drug-likeness (QED) is 0.200. The zero-order valence-corrected chi connectivity index (χ0v) is 26.1. The molecule has 1 saturated heterocycles. The number of carbonyl (C=O) groups excluding carboxylic acids is 2. The van der Waals surface area contributed by atoms with Crippen molar-refractivity contribution < 1.29 is 33.6 Å². The Morgan fingerprint density at radius 3 is 2.40 bits per heavy atom. The largest absolute Gasteiger partial charge is 0.515 e. The van der Waals surface area contributed by atoms with E-state index in [1.807, 2.05) is 65.0 Å². The maximum atomic E-state index is 13.6. The highest BCUT2D eigenvalue weighted by Crippen LogP contribution is 2.52. The fraction of sp³-hybridized carbons (Fsp3) is 0.438. The van der Waals surface area contributed by atoms with E-state index in [1.54, 1.807) is 4.90 Å². The van der Waals surface area contributed by atoms with E-state index in [1.165, 1.54) is 28.9 Å². The van der Waals surface area contributed by atoms with Gasteiger partial charge in [-0.3, -0.25) is 14.9 Å². The molecule has 0 saturated carbocycles. The van der Waals surface area contributed by atoms with E-state index in [9.17, 15) is 29.6 Å². The summed E-state index contributed by atoms with van der Waals surface area (Å²) < 4.78 is 6.49. The van der Waals surface area contributed by atoms with Crippen LogP contribution in [0, 0.1) is 10.1 Å². The lowest BCUT2D eigenvalue weighted by Crippen LogP contribution is -2.68. The van der Waals surface area contributed by atoms with Gasteiger partial charge in [0.25, 0.3) is 11.6 Å². The Labute approximate surface area is 261 Å². The van der Waals surface area contributed by atoms with Gasteiger partial charge in [-0.2, -0.15) is 9.48 Å². The molecule has 2 N–H and O–H groups in total. The first kappa shape index (κ1) is 31.6. The number of nitro benzene ring substituents is 1. The number of hydrogen-bond acceptors (Lipinski definition) is 8. The zero-order chi connectivity index (χ0) is 32.7. The molecule has 45 heavy (non-hydrogen) atoms. The first-order valence-electron chi connectivity index (χ1n) is 14.9. The lowest BCUT2D eigenvalue weighted by Gasteiger charge is -2.49. The number of nitro groups is 1. The Balaban J connectivity index is 1.45. The summed E-state index contributed by atoms with van der Waals surface area (Å²) in [5, 5.41) is 29.8. The summed E-state index contributed by atoms with van der Waals surface area (Å²) in [5.41, 5.74) is 0.334. The van der Waals surface area contributed by atoms with Crippen molar-refractivity contribution in [2.75, 3.05) is 18.4 Å². The number of quaternary nitrogens is 1. The van der Waals surface area contributed by atoms with Crippen LogP contribution in [0.4, 0.5) is 21.1 Å². The van der Waals surface area contributed by atoms with E-state index >= 15 is 0 Å². The number of benzene rings is 2. The Kier molecular flexibility index (Phi) is 8.17. The summed E-state index contributed by atoms with van der Waals surface area (Å²) in [7, 11) is 0. The smallest absolute Gasteiger partial charge is 0.443 e. The van der Waals surface area contributed by atoms with Crippen molar-refractivity contribution in [3.05, 3.63) is 87.1 Å². The summed E-state index contributed by atoms with van der Waals surface area (Å²) in [5.74, 6) is 0.141. The number of nitrogens with one attached hydrogen (secondary N) is 1. The van der Waals surface area contributed by atoms with Gasteiger partial charge in [-0.25, -0.2) is 9.28 Å². The number of rotatable bonds is 6. The number of anilines is 1. The van der Waals surface area contributed by atoms with Crippen molar-refractivity contribution in [3.8, 4) is 0 Å². The average molecular weight is 620 g/mol. The predicted molar refractivity (Wildman–Crippen MR) is 165 cm³/mol. The molecule has 1 aromatic heterocycles. The lowest BCUT2D eigenvalue weighted by molar-refractivity contribution is -0.960. The molecule has 3 heterocycles. The number of non-ortho nitro benzene ring substituents is 1. The molecule has 13 nitrogen and oxygen atoms in total. The highest BCUT2D eigenvalue weighted by atomic mass is 16.6. The van der Waals surface area contributed by atoms with E-state index in [2.05, 4.69) is 10.4 Å². The predicted octanol–water partition coefficient (Wildman–Crippen LogP) is 5.73. The van der Waals surface area contributed by atoms with Crippen LogP contribution in [-0.2, 0) is 23.4 Å². The van der Waals surface area contributed by atoms with Crippen LogP contribution in [0.5, 0.6) is 0 Å². The normalized spacial score (nSPS) is 20.7. The highest BCUT2D eigenvalue weighted by molar-refractivity contribution is 5.94. The number of piperidine rings is 1. The third-order valence-electron chi connectivity index (χ3n) is 9.14. The third kappa shape index (κ3) is 5.52. The van der Waals surface area contributed by atoms with Crippen molar-refractivity contribution >= 4 is 29.6 Å². The minimum Gasteiger partial charge on any atom is -0.443 e. The second-order valence-electron chi connectivity index (χ2n) is 13.1. The van der Waals surface area contributed by atoms with Gasteiger partial charge in [0.15, 0.2) is 5.82 Å². The maximum Gasteiger partial charge on any atom is 0.515 e. The monoisotopic (exact) mass is 619 g/mol. The van der Waals surface area contributed by atoms with Gasteiger partial charge in [0.2, 0.25) is 0 Å². The van der Waals surface area contributed by atoms with E-state index in [4.69, 9.17) is 4.74 Å². The van der Waals surface area contributed by atoms with Crippen molar-refractivity contribution in [2.45, 2.75) is 77.7 Å². The summed E-state index contributed by atoms with van der Waals surface area (Å²) >= 11 is 0. The Morgan fingerprint density at radius 1 is 1.13 bits per heavy atom. The van der Waals surface area contributed by atoms with E-state index in [0.717, 1.165) is 5.56 Å². The molecule has 0 bridgehead atoms. The summed E-state index contributed by atoms with van der Waals surface area (Å²) in [6.45, 7) is 10.2. The van der Waals surface area contributed by atoms with E-state index < -0.39 is 28.2 Å². The molecule has 0 radical (unpaired) electrons. The molecule has 2 unspecified atom stereocenters. The topological polar surface area (TPSA) is 157 Å². The number of ether oxygens (including phenoxy) is 1. The van der Waals surface area contributed by atoms with Gasteiger partial charge in [0.1, 0.15) is 29.9 Å². The molecule has 13 heteroatoms. The van der Waals surface area contributed by atoms with Crippen molar-refractivity contribution in [3.63, 3.8) is 0 Å². The third-order valence-corrected chi connectivity index (χ3v) is 9.14. The van der Waals surface area contributed by atoms with Gasteiger partial charge in [-0.1, -0.05) is 30.3 Å². The van der Waals surface area contributed by atoms with Crippen molar-refractivity contribution in [2.24, 2.45) is 0 Å². The van der Waals surface area contributed by atoms with Crippen LogP contribution in [0.3, 0.4) is 0 Å². The molecule has 1 fully saturated rings. The molecule has 0 spiro atoms. The molecule has 2 aliphatic heterocycles. The van der Waals surface area contributed by atoms with Gasteiger partial charge < -0.3 is 20.1 Å². The summed E-state index contributed by atoms with van der Waals surface area (Å²) in [6.07, 6.45) is -0.322. The number of hydrogen-bond donors (Lipinski definition) is 2. The molecular weight excluding hydrogens is 580 g/mol. The van der Waals surface area contributed by atoms with Crippen LogP contribution in [0.25, 0.3) is 0 Å². The van der Waals surface area contributed by atoms with Crippen LogP contribution in [0.1, 0.15) is 74.6 Å². The molecule has 2 aliphatic rings. The number of amides is 2. The Hall–Kier alpha value is -4.78. The van der Waals surface area contributed by atoms with E-state index in [0.29, 0.717) is 48.6 Å². The number of carboxylic acid groups (broad SMARTS) is 1. The Bertz CT molecular complexity index is 1630. The lowest BCUT2D eigenvalue weighted by atomic mass is 9.91. The molecule has 2 atom stereocenters. The van der Waals surface area contributed by atoms with Gasteiger partial charge in [-0.05, 0) is 65.2 Å². The van der Waals surface area contributed by atoms with Crippen molar-refractivity contribution in [1.82, 2.24) is 14.7 Å². The minimum atomic E-state index is -1.07. The maximum absolute atomic E-state index is 13.6. The second kappa shape index (κ2) is 11.6. The van der Waals surface area contributed by atoms with E-state index in [-0.39, 0.29) is 35.3 Å². The number of likely N-dealkylation sites (tertiary alicyclic amines) is 1. The summed E-state index contributed by atoms with van der Waals surface area (Å²) in [6, 6.07) is 14.5. The second-order valence-corrected chi connectivity index (χ2v) is 13.1. The van der Waals surface area contributed by atoms with Gasteiger partial charge in [0.05, 0.1) is 10.5 Å². The standard InChI is InChI=1S/C32H38N6O7/c1-31(2,3)38(30(41)42)19-25-26(32(38,4)5)36(29(40)45-20-21-10-7-6-8-11-21)34-27(25)33-23-12-9-17-35(18-23)28(39)22-13-15-24(16-14-22)37(43)44/h6-8,10-11,13-16,23H,9,12,17-20H2,1-5H3,(H-,33,34,41,42)/p+1. The molecule has 238 valence electrons. The number of fused-ring (bicyclic) bond motifs is 1. The highest BCUT2D eigenvalue weighted by Gasteiger charge is 2.66. The summed E-state index contributed by atoms with van der Waals surface area (Å²) in [4.78, 5) is 52.1.